The fourth-order valence-electron chi connectivity index (χ4n) is 3.56. The van der Waals surface area contributed by atoms with Gasteiger partial charge in [-0.1, -0.05) is 28.1 Å². The summed E-state index contributed by atoms with van der Waals surface area (Å²) in [4.78, 5) is 26.4. The van der Waals surface area contributed by atoms with Crippen LogP contribution in [-0.4, -0.2) is 21.4 Å². The van der Waals surface area contributed by atoms with E-state index in [1.807, 2.05) is 48.7 Å². The highest BCUT2D eigenvalue weighted by molar-refractivity contribution is 9.10. The standard InChI is InChI=1S/C23H19BrFN3O2/c1-14-11-17(15(2)28(14)20-9-7-19(25)8-10-20)12-21-22(29)27(23(30)26-21)13-16-3-5-18(24)6-4-16/h3-12H,13H2,1-2H3,(H,26,30). The van der Waals surface area contributed by atoms with Crippen molar-refractivity contribution in [1.82, 2.24) is 14.8 Å². The first-order valence-corrected chi connectivity index (χ1v) is 10.2. The number of nitrogens with zero attached hydrogens (tertiary/aromatic N) is 2. The normalized spacial score (nSPS) is 15.2. The summed E-state index contributed by atoms with van der Waals surface area (Å²) < 4.78 is 16.2. The van der Waals surface area contributed by atoms with Gasteiger partial charge in [0, 0.05) is 21.5 Å². The Bertz CT molecular complexity index is 1160. The molecule has 3 aromatic rings. The minimum atomic E-state index is -0.443. The van der Waals surface area contributed by atoms with Crippen LogP contribution in [0.25, 0.3) is 11.8 Å². The molecule has 2 aromatic carbocycles. The third-order valence-corrected chi connectivity index (χ3v) is 5.60. The minimum Gasteiger partial charge on any atom is -0.318 e. The number of halogens is 2. The number of amides is 3. The first-order chi connectivity index (χ1) is 14.3. The summed E-state index contributed by atoms with van der Waals surface area (Å²) in [6.45, 7) is 4.06. The zero-order chi connectivity index (χ0) is 21.4. The average Bonchev–Trinajstić information content (AvgIpc) is 3.14. The van der Waals surface area contributed by atoms with Crippen molar-refractivity contribution in [3.05, 3.63) is 93.1 Å². The fourth-order valence-corrected chi connectivity index (χ4v) is 3.83. The average molecular weight is 468 g/mol. The van der Waals surface area contributed by atoms with Crippen molar-refractivity contribution in [3.8, 4) is 5.69 Å². The molecule has 7 heteroatoms. The van der Waals surface area contributed by atoms with E-state index in [1.165, 1.54) is 17.0 Å². The van der Waals surface area contributed by atoms with E-state index in [9.17, 15) is 14.0 Å². The number of imide groups is 1. The molecule has 5 nitrogen and oxygen atoms in total. The number of carbonyl (C=O) groups excluding carboxylic acids is 2. The van der Waals surface area contributed by atoms with Crippen molar-refractivity contribution < 1.29 is 14.0 Å². The highest BCUT2D eigenvalue weighted by atomic mass is 79.9. The van der Waals surface area contributed by atoms with Gasteiger partial charge in [0.2, 0.25) is 0 Å². The van der Waals surface area contributed by atoms with E-state index in [1.54, 1.807) is 18.2 Å². The summed E-state index contributed by atoms with van der Waals surface area (Å²) in [5.74, 6) is -0.664. The highest BCUT2D eigenvalue weighted by Gasteiger charge is 2.33. The molecular weight excluding hydrogens is 449 g/mol. The van der Waals surface area contributed by atoms with E-state index in [4.69, 9.17) is 0 Å². The lowest BCUT2D eigenvalue weighted by molar-refractivity contribution is -0.123. The van der Waals surface area contributed by atoms with Gasteiger partial charge in [0.15, 0.2) is 0 Å². The number of rotatable bonds is 4. The van der Waals surface area contributed by atoms with Gasteiger partial charge in [0.1, 0.15) is 11.5 Å². The van der Waals surface area contributed by atoms with Gasteiger partial charge < -0.3 is 9.88 Å². The fraction of sp³-hybridized carbons (Fsp3) is 0.130. The van der Waals surface area contributed by atoms with Crippen molar-refractivity contribution in [3.63, 3.8) is 0 Å². The van der Waals surface area contributed by atoms with Crippen LogP contribution < -0.4 is 5.32 Å². The number of benzene rings is 2. The number of aromatic nitrogens is 1. The number of hydrogen-bond donors (Lipinski definition) is 1. The van der Waals surface area contributed by atoms with Gasteiger partial charge in [-0.15, -0.1) is 0 Å². The van der Waals surface area contributed by atoms with Gasteiger partial charge in [-0.25, -0.2) is 9.18 Å². The van der Waals surface area contributed by atoms with Gasteiger partial charge in [-0.05, 0) is 73.5 Å². The van der Waals surface area contributed by atoms with Gasteiger partial charge in [0.25, 0.3) is 5.91 Å². The van der Waals surface area contributed by atoms with E-state index in [2.05, 4.69) is 21.2 Å². The van der Waals surface area contributed by atoms with Crippen LogP contribution in [0, 0.1) is 19.7 Å². The maximum atomic E-state index is 13.3. The van der Waals surface area contributed by atoms with E-state index in [0.717, 1.165) is 32.7 Å². The number of aryl methyl sites for hydroxylation is 1. The molecule has 1 saturated heterocycles. The second-order valence-corrected chi connectivity index (χ2v) is 8.06. The third kappa shape index (κ3) is 3.80. The molecule has 0 atom stereocenters. The number of hydrogen-bond acceptors (Lipinski definition) is 2. The van der Waals surface area contributed by atoms with Gasteiger partial charge in [-0.2, -0.15) is 0 Å². The molecule has 0 aliphatic carbocycles. The monoisotopic (exact) mass is 467 g/mol. The summed E-state index contributed by atoms with van der Waals surface area (Å²) in [5, 5.41) is 2.67. The van der Waals surface area contributed by atoms with Crippen molar-refractivity contribution >= 4 is 33.9 Å². The smallest absolute Gasteiger partial charge is 0.318 e. The molecule has 152 valence electrons. The molecule has 1 aliphatic rings. The molecule has 0 saturated carbocycles. The Hall–Kier alpha value is -3.19. The SMILES string of the molecule is Cc1cc(C=C2NC(=O)N(Cc3ccc(Br)cc3)C2=O)c(C)n1-c1ccc(F)cc1. The molecule has 1 aliphatic heterocycles. The lowest BCUT2D eigenvalue weighted by Gasteiger charge is -2.11. The van der Waals surface area contributed by atoms with Crippen LogP contribution in [0.4, 0.5) is 9.18 Å². The Labute approximate surface area is 181 Å². The zero-order valence-corrected chi connectivity index (χ0v) is 18.0. The van der Waals surface area contributed by atoms with Crippen LogP contribution in [0.15, 0.2) is 64.8 Å². The van der Waals surface area contributed by atoms with Gasteiger partial charge in [0.05, 0.1) is 6.54 Å². The van der Waals surface area contributed by atoms with Crippen molar-refractivity contribution in [2.24, 2.45) is 0 Å². The summed E-state index contributed by atoms with van der Waals surface area (Å²) in [5.41, 5.74) is 4.56. The van der Waals surface area contributed by atoms with Crippen LogP contribution in [0.3, 0.4) is 0 Å². The molecule has 1 fully saturated rings. The van der Waals surface area contributed by atoms with Crippen molar-refractivity contribution in [2.75, 3.05) is 0 Å². The first kappa shape index (κ1) is 20.1. The molecule has 2 heterocycles. The maximum absolute atomic E-state index is 13.3. The predicted octanol–water partition coefficient (Wildman–Crippen LogP) is 5.09. The van der Waals surface area contributed by atoms with Crippen LogP contribution in [0.1, 0.15) is 22.5 Å². The summed E-state index contributed by atoms with van der Waals surface area (Å²) in [6, 6.07) is 15.2. The van der Waals surface area contributed by atoms with E-state index in [-0.39, 0.29) is 24.0 Å². The van der Waals surface area contributed by atoms with Crippen LogP contribution in [-0.2, 0) is 11.3 Å². The second kappa shape index (κ2) is 7.91. The molecule has 0 unspecified atom stereocenters. The Balaban J connectivity index is 1.61. The number of carbonyl (C=O) groups is 2. The maximum Gasteiger partial charge on any atom is 0.329 e. The second-order valence-electron chi connectivity index (χ2n) is 7.14. The molecule has 1 N–H and O–H groups in total. The van der Waals surface area contributed by atoms with Crippen molar-refractivity contribution in [1.29, 1.82) is 0 Å². The third-order valence-electron chi connectivity index (χ3n) is 5.07. The van der Waals surface area contributed by atoms with E-state index >= 15 is 0 Å². The van der Waals surface area contributed by atoms with Crippen LogP contribution >= 0.6 is 15.9 Å². The lowest BCUT2D eigenvalue weighted by Crippen LogP contribution is -2.30. The first-order valence-electron chi connectivity index (χ1n) is 9.37. The molecule has 4 rings (SSSR count). The van der Waals surface area contributed by atoms with Crippen LogP contribution in [0.5, 0.6) is 0 Å². The molecule has 0 radical (unpaired) electrons. The minimum absolute atomic E-state index is 0.198. The topological polar surface area (TPSA) is 54.3 Å². The Morgan fingerprint density at radius 1 is 1.03 bits per heavy atom. The number of nitrogens with one attached hydrogen (secondary N) is 1. The largest absolute Gasteiger partial charge is 0.329 e. The van der Waals surface area contributed by atoms with E-state index < -0.39 is 6.03 Å². The quantitative estimate of drug-likeness (QED) is 0.429. The summed E-state index contributed by atoms with van der Waals surface area (Å²) in [6.07, 6.45) is 1.68. The lowest BCUT2D eigenvalue weighted by atomic mass is 10.2. The van der Waals surface area contributed by atoms with Gasteiger partial charge >= 0.3 is 6.03 Å². The Kier molecular flexibility index (Phi) is 5.30. The predicted molar refractivity (Wildman–Crippen MR) is 116 cm³/mol. The van der Waals surface area contributed by atoms with Crippen molar-refractivity contribution in [2.45, 2.75) is 20.4 Å². The molecule has 3 amide bonds. The van der Waals surface area contributed by atoms with Crippen LogP contribution in [0.2, 0.25) is 0 Å². The molecule has 0 bridgehead atoms. The van der Waals surface area contributed by atoms with Gasteiger partial charge in [-0.3, -0.25) is 9.69 Å². The Morgan fingerprint density at radius 2 is 1.70 bits per heavy atom. The molecule has 0 spiro atoms. The van der Waals surface area contributed by atoms with E-state index in [0.29, 0.717) is 0 Å². The Morgan fingerprint density at radius 3 is 2.37 bits per heavy atom. The number of urea groups is 1. The molecular formula is C23H19BrFN3O2. The molecule has 30 heavy (non-hydrogen) atoms. The summed E-state index contributed by atoms with van der Waals surface area (Å²) >= 11 is 3.37. The summed E-state index contributed by atoms with van der Waals surface area (Å²) in [7, 11) is 0. The highest BCUT2D eigenvalue weighted by Crippen LogP contribution is 2.25. The molecule has 1 aromatic heterocycles. The zero-order valence-electron chi connectivity index (χ0n) is 16.4.